The molecule has 0 aliphatic rings. The van der Waals surface area contributed by atoms with E-state index in [9.17, 15) is 10.1 Å². The zero-order valence-corrected chi connectivity index (χ0v) is 8.94. The zero-order chi connectivity index (χ0) is 11.4. The maximum absolute atomic E-state index is 10.4. The van der Waals surface area contributed by atoms with Crippen molar-refractivity contribution in [1.29, 1.82) is 0 Å². The molecule has 84 valence electrons. The molecule has 2 aromatic heterocycles. The van der Waals surface area contributed by atoms with Gasteiger partial charge in [-0.15, -0.1) is 0 Å². The van der Waals surface area contributed by atoms with Gasteiger partial charge >= 0.3 is 5.00 Å². The number of nitro groups is 1. The first kappa shape index (κ1) is 10.7. The summed E-state index contributed by atoms with van der Waals surface area (Å²) in [7, 11) is 0. The van der Waals surface area contributed by atoms with Crippen LogP contribution in [0.2, 0.25) is 0 Å². The smallest absolute Gasteiger partial charge is 0.324 e. The molecule has 1 N–H and O–H groups in total. The maximum Gasteiger partial charge on any atom is 0.324 e. The van der Waals surface area contributed by atoms with Gasteiger partial charge in [0.2, 0.25) is 6.39 Å². The maximum atomic E-state index is 10.4. The van der Waals surface area contributed by atoms with E-state index in [0.29, 0.717) is 18.9 Å². The highest BCUT2D eigenvalue weighted by atomic mass is 32.1. The van der Waals surface area contributed by atoms with E-state index in [4.69, 9.17) is 0 Å². The van der Waals surface area contributed by atoms with Crippen LogP contribution in [0.4, 0.5) is 5.00 Å². The van der Waals surface area contributed by atoms with Crippen molar-refractivity contribution in [2.24, 2.45) is 0 Å². The van der Waals surface area contributed by atoms with Gasteiger partial charge in [0.25, 0.3) is 0 Å². The predicted molar refractivity (Wildman–Crippen MR) is 55.8 cm³/mol. The lowest BCUT2D eigenvalue weighted by Crippen LogP contribution is -2.12. The molecule has 0 aliphatic heterocycles. The molecule has 16 heavy (non-hydrogen) atoms. The summed E-state index contributed by atoms with van der Waals surface area (Å²) in [5, 5.41) is 17.3. The molecule has 0 unspecified atom stereocenters. The Kier molecular flexibility index (Phi) is 3.22. The van der Waals surface area contributed by atoms with E-state index in [2.05, 4.69) is 20.0 Å². The van der Waals surface area contributed by atoms with Crippen molar-refractivity contribution in [3.63, 3.8) is 0 Å². The standard InChI is InChI=1S/C8H8N4O3S/c13-12(14)8-2-1-6(16-8)3-9-4-7-10-5-15-11-7/h1-2,5,9H,3-4H2. The molecule has 0 amide bonds. The van der Waals surface area contributed by atoms with Crippen molar-refractivity contribution < 1.29 is 9.45 Å². The number of nitrogens with one attached hydrogen (secondary N) is 1. The lowest BCUT2D eigenvalue weighted by atomic mass is 10.4. The third kappa shape index (κ3) is 2.61. The average Bonchev–Trinajstić information content (AvgIpc) is 2.87. The second kappa shape index (κ2) is 4.81. The number of rotatable bonds is 5. The first-order valence-corrected chi connectivity index (χ1v) is 5.26. The molecule has 0 saturated heterocycles. The molecule has 0 bridgehead atoms. The summed E-state index contributed by atoms with van der Waals surface area (Å²) in [6.45, 7) is 1.02. The van der Waals surface area contributed by atoms with Gasteiger partial charge in [-0.2, -0.15) is 4.98 Å². The monoisotopic (exact) mass is 240 g/mol. The highest BCUT2D eigenvalue weighted by molar-refractivity contribution is 7.15. The fraction of sp³-hybridized carbons (Fsp3) is 0.250. The second-order valence-corrected chi connectivity index (χ2v) is 4.09. The SMILES string of the molecule is O=[N+]([O-])c1ccc(CNCc2ncon2)s1. The Morgan fingerprint density at radius 1 is 1.50 bits per heavy atom. The van der Waals surface area contributed by atoms with Gasteiger partial charge in [-0.3, -0.25) is 10.1 Å². The van der Waals surface area contributed by atoms with Gasteiger partial charge in [0.15, 0.2) is 5.82 Å². The minimum absolute atomic E-state index is 0.149. The van der Waals surface area contributed by atoms with Crippen LogP contribution in [0, 0.1) is 10.1 Å². The van der Waals surface area contributed by atoms with E-state index >= 15 is 0 Å². The van der Waals surface area contributed by atoms with Crippen LogP contribution in [-0.4, -0.2) is 15.1 Å². The highest BCUT2D eigenvalue weighted by Gasteiger charge is 2.09. The Bertz CT molecular complexity index is 467. The van der Waals surface area contributed by atoms with Crippen LogP contribution in [0.15, 0.2) is 23.0 Å². The summed E-state index contributed by atoms with van der Waals surface area (Å²) >= 11 is 1.15. The number of hydrogen-bond donors (Lipinski definition) is 1. The molecule has 0 aliphatic carbocycles. The van der Waals surface area contributed by atoms with Gasteiger partial charge in [-0.1, -0.05) is 16.5 Å². The molecule has 8 heteroatoms. The summed E-state index contributed by atoms with van der Waals surface area (Å²) in [5.74, 6) is 0.561. The number of hydrogen-bond acceptors (Lipinski definition) is 7. The van der Waals surface area contributed by atoms with Crippen molar-refractivity contribution in [2.45, 2.75) is 13.1 Å². The number of aromatic nitrogens is 2. The van der Waals surface area contributed by atoms with Gasteiger partial charge in [-0.25, -0.2) is 0 Å². The molecule has 0 spiro atoms. The van der Waals surface area contributed by atoms with E-state index in [1.165, 1.54) is 12.5 Å². The lowest BCUT2D eigenvalue weighted by molar-refractivity contribution is -0.380. The minimum atomic E-state index is -0.395. The fourth-order valence-corrected chi connectivity index (χ4v) is 1.92. The second-order valence-electron chi connectivity index (χ2n) is 2.95. The van der Waals surface area contributed by atoms with Crippen molar-refractivity contribution in [2.75, 3.05) is 0 Å². The van der Waals surface area contributed by atoms with Crippen LogP contribution >= 0.6 is 11.3 Å². The molecule has 0 radical (unpaired) electrons. The van der Waals surface area contributed by atoms with Crippen LogP contribution in [0.3, 0.4) is 0 Å². The van der Waals surface area contributed by atoms with E-state index in [-0.39, 0.29) is 5.00 Å². The van der Waals surface area contributed by atoms with Crippen LogP contribution in [0.5, 0.6) is 0 Å². The van der Waals surface area contributed by atoms with Crippen LogP contribution in [0.25, 0.3) is 0 Å². The topological polar surface area (TPSA) is 94.1 Å². The molecular weight excluding hydrogens is 232 g/mol. The molecule has 0 aromatic carbocycles. The normalized spacial score (nSPS) is 10.5. The summed E-state index contributed by atoms with van der Waals surface area (Å²) < 4.78 is 4.57. The Morgan fingerprint density at radius 2 is 2.38 bits per heavy atom. The van der Waals surface area contributed by atoms with Crippen molar-refractivity contribution in [3.05, 3.63) is 39.3 Å². The fourth-order valence-electron chi connectivity index (χ4n) is 1.13. The molecule has 2 rings (SSSR count). The largest absolute Gasteiger partial charge is 0.343 e. The summed E-state index contributed by atoms with van der Waals surface area (Å²) in [6.07, 6.45) is 1.26. The van der Waals surface area contributed by atoms with E-state index in [0.717, 1.165) is 16.2 Å². The van der Waals surface area contributed by atoms with Gasteiger partial charge in [0.1, 0.15) is 0 Å². The van der Waals surface area contributed by atoms with Crippen LogP contribution < -0.4 is 5.32 Å². The third-order valence-corrected chi connectivity index (χ3v) is 2.85. The zero-order valence-electron chi connectivity index (χ0n) is 8.12. The molecule has 2 heterocycles. The van der Waals surface area contributed by atoms with Crippen molar-refractivity contribution in [1.82, 2.24) is 15.5 Å². The third-order valence-electron chi connectivity index (χ3n) is 1.82. The molecule has 0 saturated carbocycles. The Hall–Kier alpha value is -1.80. The first-order chi connectivity index (χ1) is 7.75. The van der Waals surface area contributed by atoms with Gasteiger partial charge in [0.05, 0.1) is 11.5 Å². The van der Waals surface area contributed by atoms with E-state index < -0.39 is 4.92 Å². The van der Waals surface area contributed by atoms with E-state index in [1.807, 2.05) is 0 Å². The molecule has 0 atom stereocenters. The lowest BCUT2D eigenvalue weighted by Gasteiger charge is -1.97. The van der Waals surface area contributed by atoms with Crippen LogP contribution in [0.1, 0.15) is 10.7 Å². The summed E-state index contributed by atoms with van der Waals surface area (Å²) in [5.41, 5.74) is 0. The van der Waals surface area contributed by atoms with Crippen molar-refractivity contribution >= 4 is 16.3 Å². The van der Waals surface area contributed by atoms with Crippen molar-refractivity contribution in [3.8, 4) is 0 Å². The average molecular weight is 240 g/mol. The molecule has 7 nitrogen and oxygen atoms in total. The molecule has 0 fully saturated rings. The van der Waals surface area contributed by atoms with Crippen LogP contribution in [-0.2, 0) is 13.1 Å². The quantitative estimate of drug-likeness (QED) is 0.625. The van der Waals surface area contributed by atoms with Gasteiger partial charge in [0, 0.05) is 17.5 Å². The molecule has 2 aromatic rings. The first-order valence-electron chi connectivity index (χ1n) is 4.45. The Morgan fingerprint density at radius 3 is 3.00 bits per heavy atom. The number of nitrogens with zero attached hydrogens (tertiary/aromatic N) is 3. The number of thiophene rings is 1. The Labute approximate surface area is 94.2 Å². The molecular formula is C8H8N4O3S. The highest BCUT2D eigenvalue weighted by Crippen LogP contribution is 2.23. The van der Waals surface area contributed by atoms with Gasteiger partial charge in [-0.05, 0) is 6.07 Å². The predicted octanol–water partition coefficient (Wildman–Crippen LogP) is 1.33. The minimum Gasteiger partial charge on any atom is -0.343 e. The summed E-state index contributed by atoms with van der Waals surface area (Å²) in [6, 6.07) is 3.22. The Balaban J connectivity index is 1.83. The van der Waals surface area contributed by atoms with E-state index in [1.54, 1.807) is 6.07 Å². The summed E-state index contributed by atoms with van der Waals surface area (Å²) in [4.78, 5) is 14.8. The van der Waals surface area contributed by atoms with Gasteiger partial charge < -0.3 is 9.84 Å².